The second kappa shape index (κ2) is 5.52. The summed E-state index contributed by atoms with van der Waals surface area (Å²) in [6.07, 6.45) is 1.16. The Hall–Kier alpha value is -0.190. The van der Waals surface area contributed by atoms with Crippen molar-refractivity contribution in [1.82, 2.24) is 14.5 Å². The van der Waals surface area contributed by atoms with E-state index < -0.39 is 0 Å². The van der Waals surface area contributed by atoms with Crippen LogP contribution in [-0.4, -0.2) is 27.6 Å². The predicted octanol–water partition coefficient (Wildman–Crippen LogP) is 2.42. The molecule has 0 amide bonds. The van der Waals surface area contributed by atoms with Gasteiger partial charge in [0.05, 0.1) is 0 Å². The quantitative estimate of drug-likeness (QED) is 0.762. The van der Waals surface area contributed by atoms with E-state index in [1.807, 2.05) is 0 Å². The fraction of sp³-hybridized carbons (Fsp3) is 0.750. The lowest BCUT2D eigenvalue weighted by molar-refractivity contribution is 0.277. The molecule has 1 aromatic heterocycles. The molecule has 0 spiro atoms. The molecule has 0 radical (unpaired) electrons. The van der Waals surface area contributed by atoms with Crippen LogP contribution in [-0.2, 0) is 6.54 Å². The topological polar surface area (TPSA) is 29.0 Å². The number of hydrogen-bond acceptors (Lipinski definition) is 4. The maximum absolute atomic E-state index is 5.91. The first-order valence-corrected chi connectivity index (χ1v) is 5.62. The van der Waals surface area contributed by atoms with Crippen LogP contribution >= 0.6 is 23.1 Å². The third-order valence-corrected chi connectivity index (χ3v) is 2.85. The zero-order chi connectivity index (χ0) is 9.68. The van der Waals surface area contributed by atoms with Crippen LogP contribution in [0.3, 0.4) is 0 Å². The molecule has 0 atom stereocenters. The number of rotatable bonds is 5. The van der Waals surface area contributed by atoms with Crippen LogP contribution in [0.2, 0.25) is 4.34 Å². The highest BCUT2D eigenvalue weighted by molar-refractivity contribution is 7.10. The van der Waals surface area contributed by atoms with E-state index in [1.165, 1.54) is 11.5 Å². The van der Waals surface area contributed by atoms with E-state index in [4.69, 9.17) is 11.6 Å². The van der Waals surface area contributed by atoms with Gasteiger partial charge in [-0.25, -0.2) is 0 Å². The van der Waals surface area contributed by atoms with Gasteiger partial charge in [0.25, 0.3) is 0 Å². The van der Waals surface area contributed by atoms with E-state index in [1.54, 1.807) is 0 Å². The van der Waals surface area contributed by atoms with E-state index in [0.717, 1.165) is 36.1 Å². The molecular weight excluding hydrogens is 206 g/mol. The molecule has 5 heteroatoms. The first kappa shape index (κ1) is 10.9. The van der Waals surface area contributed by atoms with Crippen molar-refractivity contribution < 1.29 is 0 Å². The van der Waals surface area contributed by atoms with Gasteiger partial charge in [-0.2, -0.15) is 0 Å². The lowest BCUT2D eigenvalue weighted by Gasteiger charge is -2.17. The Balaban J connectivity index is 2.51. The number of hydrogen-bond donors (Lipinski definition) is 0. The second-order valence-electron chi connectivity index (χ2n) is 2.86. The van der Waals surface area contributed by atoms with E-state index >= 15 is 0 Å². The van der Waals surface area contributed by atoms with E-state index in [-0.39, 0.29) is 0 Å². The van der Waals surface area contributed by atoms with Crippen molar-refractivity contribution in [3.05, 3.63) is 10.0 Å². The van der Waals surface area contributed by atoms with Crippen LogP contribution in [0.1, 0.15) is 26.0 Å². The third kappa shape index (κ3) is 3.21. The van der Waals surface area contributed by atoms with Crippen LogP contribution in [0, 0.1) is 0 Å². The first-order valence-electron chi connectivity index (χ1n) is 4.47. The molecule has 0 aromatic carbocycles. The smallest absolute Gasteiger partial charge is 0.138 e. The Morgan fingerprint density at radius 2 is 2.23 bits per heavy atom. The van der Waals surface area contributed by atoms with Gasteiger partial charge in [0, 0.05) is 18.1 Å². The van der Waals surface area contributed by atoms with Crippen molar-refractivity contribution in [2.24, 2.45) is 0 Å². The molecule has 0 aliphatic carbocycles. The molecule has 1 heterocycles. The summed E-state index contributed by atoms with van der Waals surface area (Å²) in [6.45, 7) is 7.25. The summed E-state index contributed by atoms with van der Waals surface area (Å²) in [5, 5.41) is 3.98. The third-order valence-electron chi connectivity index (χ3n) is 1.87. The monoisotopic (exact) mass is 219 g/mol. The highest BCUT2D eigenvalue weighted by Gasteiger charge is 2.09. The summed E-state index contributed by atoms with van der Waals surface area (Å²) in [6, 6.07) is 0. The minimum atomic E-state index is 0.717. The molecule has 1 aromatic rings. The van der Waals surface area contributed by atoms with Crippen molar-refractivity contribution in [3.8, 4) is 0 Å². The highest BCUT2D eigenvalue weighted by Crippen LogP contribution is 2.18. The maximum Gasteiger partial charge on any atom is 0.138 e. The molecule has 0 saturated carbocycles. The Bertz CT molecular complexity index is 251. The van der Waals surface area contributed by atoms with Crippen LogP contribution in [0.15, 0.2) is 0 Å². The SMILES string of the molecule is CCCN(CC)Cc1nnsc1Cl. The van der Waals surface area contributed by atoms with E-state index in [0.29, 0.717) is 0 Å². The summed E-state index contributed by atoms with van der Waals surface area (Å²) in [5.41, 5.74) is 0.905. The fourth-order valence-corrected chi connectivity index (χ4v) is 1.78. The van der Waals surface area contributed by atoms with Gasteiger partial charge < -0.3 is 0 Å². The van der Waals surface area contributed by atoms with Gasteiger partial charge >= 0.3 is 0 Å². The molecule has 1 rings (SSSR count). The van der Waals surface area contributed by atoms with Crippen molar-refractivity contribution in [2.75, 3.05) is 13.1 Å². The van der Waals surface area contributed by atoms with Gasteiger partial charge in [0.1, 0.15) is 10.0 Å². The molecule has 0 aliphatic heterocycles. The van der Waals surface area contributed by atoms with Crippen LogP contribution in [0.25, 0.3) is 0 Å². The van der Waals surface area contributed by atoms with Crippen LogP contribution in [0.4, 0.5) is 0 Å². The first-order chi connectivity index (χ1) is 6.27. The maximum atomic E-state index is 5.91. The van der Waals surface area contributed by atoms with Crippen LogP contribution < -0.4 is 0 Å². The van der Waals surface area contributed by atoms with Crippen molar-refractivity contribution in [2.45, 2.75) is 26.8 Å². The Kier molecular flexibility index (Phi) is 4.62. The predicted molar refractivity (Wildman–Crippen MR) is 56.2 cm³/mol. The molecule has 0 fully saturated rings. The van der Waals surface area contributed by atoms with Gasteiger partial charge in [0.15, 0.2) is 0 Å². The zero-order valence-electron chi connectivity index (χ0n) is 7.96. The number of nitrogens with zero attached hydrogens (tertiary/aromatic N) is 3. The lowest BCUT2D eigenvalue weighted by Crippen LogP contribution is -2.23. The summed E-state index contributed by atoms with van der Waals surface area (Å²) in [5.74, 6) is 0. The normalized spacial score (nSPS) is 11.1. The Labute approximate surface area is 87.9 Å². The molecular formula is C8H14ClN3S. The minimum Gasteiger partial charge on any atom is -0.298 e. The molecule has 74 valence electrons. The van der Waals surface area contributed by atoms with E-state index in [9.17, 15) is 0 Å². The van der Waals surface area contributed by atoms with Crippen LogP contribution in [0.5, 0.6) is 0 Å². The zero-order valence-corrected chi connectivity index (χ0v) is 9.53. The van der Waals surface area contributed by atoms with Gasteiger partial charge in [-0.15, -0.1) is 5.10 Å². The summed E-state index contributed by atoms with van der Waals surface area (Å²) in [4.78, 5) is 2.31. The Morgan fingerprint density at radius 3 is 2.69 bits per heavy atom. The van der Waals surface area contributed by atoms with Gasteiger partial charge in [0.2, 0.25) is 0 Å². The highest BCUT2D eigenvalue weighted by atomic mass is 35.5. The average molecular weight is 220 g/mol. The molecule has 0 saturated heterocycles. The van der Waals surface area contributed by atoms with Crippen molar-refractivity contribution in [3.63, 3.8) is 0 Å². The number of aromatic nitrogens is 2. The van der Waals surface area contributed by atoms with Gasteiger partial charge in [-0.3, -0.25) is 4.90 Å². The van der Waals surface area contributed by atoms with Gasteiger partial charge in [-0.1, -0.05) is 29.9 Å². The second-order valence-corrected chi connectivity index (χ2v) is 4.22. The summed E-state index contributed by atoms with van der Waals surface area (Å²) >= 11 is 7.16. The largest absolute Gasteiger partial charge is 0.298 e. The average Bonchev–Trinajstić information content (AvgIpc) is 2.51. The summed E-state index contributed by atoms with van der Waals surface area (Å²) in [7, 11) is 0. The lowest BCUT2D eigenvalue weighted by atomic mass is 10.3. The van der Waals surface area contributed by atoms with Crippen molar-refractivity contribution in [1.29, 1.82) is 0 Å². The molecule has 0 bridgehead atoms. The Morgan fingerprint density at radius 1 is 1.46 bits per heavy atom. The standard InChI is InChI=1S/C8H14ClN3S/c1-3-5-12(4-2)6-7-8(9)13-11-10-7/h3-6H2,1-2H3. The number of halogens is 1. The molecule has 0 unspecified atom stereocenters. The fourth-order valence-electron chi connectivity index (χ4n) is 1.17. The minimum absolute atomic E-state index is 0.717. The molecule has 0 aliphatic rings. The van der Waals surface area contributed by atoms with Crippen molar-refractivity contribution >= 4 is 23.1 Å². The van der Waals surface area contributed by atoms with E-state index in [2.05, 4.69) is 28.3 Å². The van der Waals surface area contributed by atoms with Gasteiger partial charge in [-0.05, 0) is 19.5 Å². The molecule has 13 heavy (non-hydrogen) atoms. The molecule has 3 nitrogen and oxygen atoms in total. The molecule has 0 N–H and O–H groups in total. The summed E-state index contributed by atoms with van der Waals surface area (Å²) < 4.78 is 4.52.